The molecule has 0 unspecified atom stereocenters. The lowest BCUT2D eigenvalue weighted by atomic mass is 10.2. The molecule has 1 heterocycles. The molecular weight excluding hydrogens is 371 g/mol. The topological polar surface area (TPSA) is 49.4 Å². The lowest BCUT2D eigenvalue weighted by Gasteiger charge is -2.16. The molecule has 0 fully saturated rings. The summed E-state index contributed by atoms with van der Waals surface area (Å²) in [5.41, 5.74) is 1.91. The number of hydrogen-bond acceptors (Lipinski definition) is 3. The zero-order chi connectivity index (χ0) is 17.4. The third-order valence-corrected chi connectivity index (χ3v) is 4.35. The summed E-state index contributed by atoms with van der Waals surface area (Å²) >= 11 is 18.0. The predicted octanol–water partition coefficient (Wildman–Crippen LogP) is 4.74. The van der Waals surface area contributed by atoms with Crippen molar-refractivity contribution in [2.75, 3.05) is 10.2 Å². The Morgan fingerprint density at radius 3 is 2.38 bits per heavy atom. The Labute approximate surface area is 153 Å². The Morgan fingerprint density at radius 2 is 1.71 bits per heavy atom. The molecule has 1 N–H and O–H groups in total. The summed E-state index contributed by atoms with van der Waals surface area (Å²) in [5.74, 6) is -1.21. The van der Waals surface area contributed by atoms with Gasteiger partial charge in [0.2, 0.25) is 0 Å². The molecular formula is C17H11Cl3N2O2. The van der Waals surface area contributed by atoms with E-state index in [9.17, 15) is 9.59 Å². The molecule has 122 valence electrons. The number of amides is 2. The minimum Gasteiger partial charge on any atom is -0.350 e. The molecule has 0 aromatic heterocycles. The minimum atomic E-state index is -0.638. The van der Waals surface area contributed by atoms with Gasteiger partial charge in [-0.2, -0.15) is 0 Å². The number of nitrogens with zero attached hydrogens (tertiary/aromatic N) is 1. The summed E-state index contributed by atoms with van der Waals surface area (Å²) in [6, 6.07) is 11.9. The van der Waals surface area contributed by atoms with Crippen molar-refractivity contribution < 1.29 is 9.59 Å². The van der Waals surface area contributed by atoms with Crippen LogP contribution in [0.1, 0.15) is 5.56 Å². The highest BCUT2D eigenvalue weighted by molar-refractivity contribution is 6.53. The maximum absolute atomic E-state index is 12.7. The minimum absolute atomic E-state index is 0.0123. The van der Waals surface area contributed by atoms with Gasteiger partial charge in [-0.1, -0.05) is 46.9 Å². The van der Waals surface area contributed by atoms with Crippen molar-refractivity contribution >= 4 is 58.0 Å². The van der Waals surface area contributed by atoms with Gasteiger partial charge < -0.3 is 5.32 Å². The first kappa shape index (κ1) is 16.8. The van der Waals surface area contributed by atoms with Crippen LogP contribution in [0.3, 0.4) is 0 Å². The van der Waals surface area contributed by atoms with Crippen molar-refractivity contribution in [3.05, 3.63) is 68.8 Å². The molecule has 4 nitrogen and oxygen atoms in total. The molecule has 2 aromatic carbocycles. The summed E-state index contributed by atoms with van der Waals surface area (Å²) < 4.78 is 0. The highest BCUT2D eigenvalue weighted by Gasteiger charge is 2.39. The number of rotatable bonds is 3. The molecule has 7 heteroatoms. The quantitative estimate of drug-likeness (QED) is 0.781. The fourth-order valence-corrected chi connectivity index (χ4v) is 3.07. The number of carbonyl (C=O) groups excluding carboxylic acids is 2. The van der Waals surface area contributed by atoms with Crippen LogP contribution in [0, 0.1) is 6.92 Å². The van der Waals surface area contributed by atoms with E-state index in [1.165, 1.54) is 12.1 Å². The maximum atomic E-state index is 12.7. The van der Waals surface area contributed by atoms with Gasteiger partial charge in [0.1, 0.15) is 10.7 Å². The fraction of sp³-hybridized carbons (Fsp3) is 0.0588. The van der Waals surface area contributed by atoms with E-state index in [0.717, 1.165) is 10.5 Å². The number of aryl methyl sites for hydroxylation is 1. The third-order valence-electron chi connectivity index (χ3n) is 3.47. The van der Waals surface area contributed by atoms with Gasteiger partial charge in [-0.25, -0.2) is 4.90 Å². The molecule has 0 aliphatic carbocycles. The second-order valence-electron chi connectivity index (χ2n) is 5.22. The van der Waals surface area contributed by atoms with Crippen LogP contribution in [0.2, 0.25) is 10.0 Å². The van der Waals surface area contributed by atoms with E-state index in [2.05, 4.69) is 5.32 Å². The Bertz CT molecular complexity index is 893. The lowest BCUT2D eigenvalue weighted by molar-refractivity contribution is -0.120. The number of carbonyl (C=O) groups is 2. The van der Waals surface area contributed by atoms with E-state index in [1.54, 1.807) is 12.1 Å². The maximum Gasteiger partial charge on any atom is 0.283 e. The van der Waals surface area contributed by atoms with Crippen LogP contribution in [-0.2, 0) is 9.59 Å². The number of hydrogen-bond donors (Lipinski definition) is 1. The average molecular weight is 382 g/mol. The van der Waals surface area contributed by atoms with Gasteiger partial charge in [0, 0.05) is 10.7 Å². The molecule has 1 aliphatic heterocycles. The highest BCUT2D eigenvalue weighted by Crippen LogP contribution is 2.35. The van der Waals surface area contributed by atoms with Crippen LogP contribution >= 0.6 is 34.8 Å². The van der Waals surface area contributed by atoms with Crippen LogP contribution in [0.15, 0.2) is 53.2 Å². The third kappa shape index (κ3) is 3.00. The predicted molar refractivity (Wildman–Crippen MR) is 96.6 cm³/mol. The molecule has 24 heavy (non-hydrogen) atoms. The van der Waals surface area contributed by atoms with E-state index in [4.69, 9.17) is 34.8 Å². The smallest absolute Gasteiger partial charge is 0.283 e. The van der Waals surface area contributed by atoms with Crippen LogP contribution < -0.4 is 10.2 Å². The van der Waals surface area contributed by atoms with Crippen molar-refractivity contribution in [1.82, 2.24) is 0 Å². The molecule has 2 amide bonds. The van der Waals surface area contributed by atoms with E-state index in [-0.39, 0.29) is 21.4 Å². The van der Waals surface area contributed by atoms with Gasteiger partial charge in [0.25, 0.3) is 11.8 Å². The Balaban J connectivity index is 1.95. The SMILES string of the molecule is Cc1cccc(NC2=C(Cl)C(=O)N(c3ccc(Cl)cc3Cl)C2=O)c1. The standard InChI is InChI=1S/C17H11Cl3N2O2/c1-9-3-2-4-11(7-9)21-15-14(20)16(23)22(17(15)24)13-6-5-10(18)8-12(13)19/h2-8,21H,1H3. The first-order valence-corrected chi connectivity index (χ1v) is 8.09. The average Bonchev–Trinajstić information content (AvgIpc) is 2.72. The number of anilines is 2. The van der Waals surface area contributed by atoms with Crippen LogP contribution in [0.25, 0.3) is 0 Å². The molecule has 0 saturated carbocycles. The van der Waals surface area contributed by atoms with Crippen molar-refractivity contribution in [1.29, 1.82) is 0 Å². The van der Waals surface area contributed by atoms with Gasteiger partial charge in [-0.3, -0.25) is 9.59 Å². The zero-order valence-corrected chi connectivity index (χ0v) is 14.7. The Kier molecular flexibility index (Phi) is 4.54. The van der Waals surface area contributed by atoms with Crippen molar-refractivity contribution in [2.45, 2.75) is 6.92 Å². The summed E-state index contributed by atoms with van der Waals surface area (Å²) in [6.07, 6.45) is 0. The zero-order valence-electron chi connectivity index (χ0n) is 12.4. The molecule has 0 saturated heterocycles. The van der Waals surface area contributed by atoms with Crippen LogP contribution in [0.4, 0.5) is 11.4 Å². The van der Waals surface area contributed by atoms with E-state index < -0.39 is 11.8 Å². The Hall–Kier alpha value is -2.01. The second-order valence-corrected chi connectivity index (χ2v) is 6.45. The lowest BCUT2D eigenvalue weighted by Crippen LogP contribution is -2.32. The number of benzene rings is 2. The second kappa shape index (κ2) is 6.48. The molecule has 0 atom stereocenters. The van der Waals surface area contributed by atoms with Crippen molar-refractivity contribution in [3.63, 3.8) is 0 Å². The van der Waals surface area contributed by atoms with Gasteiger partial charge in [0.15, 0.2) is 0 Å². The first-order valence-electron chi connectivity index (χ1n) is 6.96. The van der Waals surface area contributed by atoms with Gasteiger partial charge >= 0.3 is 0 Å². The summed E-state index contributed by atoms with van der Waals surface area (Å²) in [5, 5.41) is 3.31. The monoisotopic (exact) mass is 380 g/mol. The number of imide groups is 1. The largest absolute Gasteiger partial charge is 0.350 e. The first-order chi connectivity index (χ1) is 11.4. The van der Waals surface area contributed by atoms with Gasteiger partial charge in [-0.15, -0.1) is 0 Å². The molecule has 0 bridgehead atoms. The van der Waals surface area contributed by atoms with Gasteiger partial charge in [-0.05, 0) is 42.8 Å². The summed E-state index contributed by atoms with van der Waals surface area (Å²) in [7, 11) is 0. The summed E-state index contributed by atoms with van der Waals surface area (Å²) in [4.78, 5) is 26.0. The molecule has 1 aliphatic rings. The molecule has 0 radical (unpaired) electrons. The van der Waals surface area contributed by atoms with Crippen LogP contribution in [-0.4, -0.2) is 11.8 Å². The van der Waals surface area contributed by atoms with E-state index in [0.29, 0.717) is 10.7 Å². The molecule has 3 rings (SSSR count). The molecule has 0 spiro atoms. The fourth-order valence-electron chi connectivity index (χ4n) is 2.36. The van der Waals surface area contributed by atoms with Crippen molar-refractivity contribution in [2.24, 2.45) is 0 Å². The van der Waals surface area contributed by atoms with Crippen molar-refractivity contribution in [3.8, 4) is 0 Å². The number of nitrogens with one attached hydrogen (secondary N) is 1. The van der Waals surface area contributed by atoms with Crippen LogP contribution in [0.5, 0.6) is 0 Å². The normalized spacial score (nSPS) is 14.6. The molecule has 2 aromatic rings. The van der Waals surface area contributed by atoms with E-state index in [1.807, 2.05) is 25.1 Å². The van der Waals surface area contributed by atoms with E-state index >= 15 is 0 Å². The number of halogens is 3. The van der Waals surface area contributed by atoms with Gasteiger partial charge in [0.05, 0.1) is 10.7 Å². The highest BCUT2D eigenvalue weighted by atomic mass is 35.5. The Morgan fingerprint density at radius 1 is 0.958 bits per heavy atom. The summed E-state index contributed by atoms with van der Waals surface area (Å²) in [6.45, 7) is 1.92.